The van der Waals surface area contributed by atoms with E-state index in [2.05, 4.69) is 24.5 Å². The molecule has 16 heavy (non-hydrogen) atoms. The number of rotatable bonds is 6. The van der Waals surface area contributed by atoms with Crippen LogP contribution in [0.25, 0.3) is 0 Å². The van der Waals surface area contributed by atoms with Crippen LogP contribution in [0.15, 0.2) is 0 Å². The van der Waals surface area contributed by atoms with E-state index in [0.29, 0.717) is 19.0 Å². The molecule has 0 radical (unpaired) electrons. The van der Waals surface area contributed by atoms with Crippen LogP contribution in [0.2, 0.25) is 0 Å². The molecule has 0 saturated carbocycles. The SMILES string of the molecule is CC(C)CCC(C)NC(=O)C(=O)NCCN. The van der Waals surface area contributed by atoms with Crippen molar-refractivity contribution in [3.8, 4) is 0 Å². The van der Waals surface area contributed by atoms with Gasteiger partial charge in [-0.25, -0.2) is 0 Å². The lowest BCUT2D eigenvalue weighted by molar-refractivity contribution is -0.139. The van der Waals surface area contributed by atoms with Crippen LogP contribution >= 0.6 is 0 Å². The van der Waals surface area contributed by atoms with Gasteiger partial charge in [0.15, 0.2) is 0 Å². The van der Waals surface area contributed by atoms with Crippen molar-refractivity contribution in [3.05, 3.63) is 0 Å². The molecule has 0 aliphatic carbocycles. The highest BCUT2D eigenvalue weighted by atomic mass is 16.2. The summed E-state index contributed by atoms with van der Waals surface area (Å²) in [5.74, 6) is -0.586. The van der Waals surface area contributed by atoms with Crippen LogP contribution in [0.4, 0.5) is 0 Å². The third-order valence-electron chi connectivity index (χ3n) is 2.19. The summed E-state index contributed by atoms with van der Waals surface area (Å²) >= 11 is 0. The summed E-state index contributed by atoms with van der Waals surface area (Å²) in [6.07, 6.45) is 1.92. The summed E-state index contributed by atoms with van der Waals surface area (Å²) in [7, 11) is 0. The minimum Gasteiger partial charge on any atom is -0.347 e. The average Bonchev–Trinajstić information content (AvgIpc) is 2.22. The van der Waals surface area contributed by atoms with E-state index in [1.165, 1.54) is 0 Å². The summed E-state index contributed by atoms with van der Waals surface area (Å²) in [6.45, 7) is 6.82. The predicted molar refractivity (Wildman–Crippen MR) is 63.7 cm³/mol. The van der Waals surface area contributed by atoms with Gasteiger partial charge < -0.3 is 16.4 Å². The molecule has 0 fully saturated rings. The lowest BCUT2D eigenvalue weighted by atomic mass is 10.0. The van der Waals surface area contributed by atoms with Gasteiger partial charge in [-0.05, 0) is 25.7 Å². The van der Waals surface area contributed by atoms with Crippen molar-refractivity contribution >= 4 is 11.8 Å². The Morgan fingerprint density at radius 3 is 2.25 bits per heavy atom. The van der Waals surface area contributed by atoms with E-state index in [1.54, 1.807) is 0 Å². The molecule has 0 spiro atoms. The van der Waals surface area contributed by atoms with Gasteiger partial charge in [-0.3, -0.25) is 9.59 Å². The minimum atomic E-state index is -0.609. The molecule has 0 aliphatic rings. The van der Waals surface area contributed by atoms with Crippen molar-refractivity contribution in [2.24, 2.45) is 11.7 Å². The molecule has 0 bridgehead atoms. The first-order valence-electron chi connectivity index (χ1n) is 5.76. The third kappa shape index (κ3) is 7.23. The molecular formula is C11H23N3O2. The van der Waals surface area contributed by atoms with Crippen molar-refractivity contribution < 1.29 is 9.59 Å². The lowest BCUT2D eigenvalue weighted by Gasteiger charge is -2.14. The fourth-order valence-electron chi connectivity index (χ4n) is 1.21. The Bertz CT molecular complexity index is 229. The van der Waals surface area contributed by atoms with Gasteiger partial charge in [0.1, 0.15) is 0 Å². The van der Waals surface area contributed by atoms with Crippen LogP contribution in [-0.4, -0.2) is 30.9 Å². The van der Waals surface area contributed by atoms with Crippen molar-refractivity contribution in [3.63, 3.8) is 0 Å². The molecule has 4 N–H and O–H groups in total. The second-order valence-corrected chi connectivity index (χ2v) is 4.39. The van der Waals surface area contributed by atoms with E-state index >= 15 is 0 Å². The maximum absolute atomic E-state index is 11.3. The van der Waals surface area contributed by atoms with Crippen LogP contribution in [0, 0.1) is 5.92 Å². The predicted octanol–water partition coefficient (Wildman–Crippen LogP) is 0.00220. The number of nitrogens with one attached hydrogen (secondary N) is 2. The Balaban J connectivity index is 3.80. The summed E-state index contributed by atoms with van der Waals surface area (Å²) in [6, 6.07) is 0.0264. The zero-order valence-electron chi connectivity index (χ0n) is 10.4. The van der Waals surface area contributed by atoms with E-state index in [-0.39, 0.29) is 6.04 Å². The Morgan fingerprint density at radius 1 is 1.12 bits per heavy atom. The van der Waals surface area contributed by atoms with Gasteiger partial charge in [0.2, 0.25) is 0 Å². The molecule has 5 nitrogen and oxygen atoms in total. The van der Waals surface area contributed by atoms with Crippen LogP contribution in [0.5, 0.6) is 0 Å². The van der Waals surface area contributed by atoms with Gasteiger partial charge in [-0.1, -0.05) is 13.8 Å². The van der Waals surface area contributed by atoms with Gasteiger partial charge >= 0.3 is 11.8 Å². The topological polar surface area (TPSA) is 84.2 Å². The summed E-state index contributed by atoms with van der Waals surface area (Å²) < 4.78 is 0. The number of carbonyl (C=O) groups is 2. The number of amides is 2. The minimum absolute atomic E-state index is 0.0264. The molecule has 2 amide bonds. The van der Waals surface area contributed by atoms with Gasteiger partial charge in [-0.2, -0.15) is 0 Å². The summed E-state index contributed by atoms with van der Waals surface area (Å²) in [5, 5.41) is 5.08. The molecule has 94 valence electrons. The van der Waals surface area contributed by atoms with Crippen LogP contribution in [0.1, 0.15) is 33.6 Å². The molecule has 0 heterocycles. The smallest absolute Gasteiger partial charge is 0.309 e. The third-order valence-corrected chi connectivity index (χ3v) is 2.19. The van der Waals surface area contributed by atoms with Crippen LogP contribution in [-0.2, 0) is 9.59 Å². The maximum atomic E-state index is 11.3. The molecule has 1 atom stereocenters. The van der Waals surface area contributed by atoms with E-state index in [0.717, 1.165) is 12.8 Å². The first-order chi connectivity index (χ1) is 7.47. The van der Waals surface area contributed by atoms with Gasteiger partial charge in [0.25, 0.3) is 0 Å². The van der Waals surface area contributed by atoms with Crippen molar-refractivity contribution in [1.82, 2.24) is 10.6 Å². The average molecular weight is 229 g/mol. The maximum Gasteiger partial charge on any atom is 0.309 e. The van der Waals surface area contributed by atoms with E-state index in [4.69, 9.17) is 5.73 Å². The second kappa shape index (κ2) is 8.10. The second-order valence-electron chi connectivity index (χ2n) is 4.39. The highest BCUT2D eigenvalue weighted by Crippen LogP contribution is 2.05. The standard InChI is InChI=1S/C11H23N3O2/c1-8(2)4-5-9(3)14-11(16)10(15)13-7-6-12/h8-9H,4-7,12H2,1-3H3,(H,13,15)(H,14,16). The molecule has 0 saturated heterocycles. The monoisotopic (exact) mass is 229 g/mol. The zero-order valence-corrected chi connectivity index (χ0v) is 10.4. The van der Waals surface area contributed by atoms with Gasteiger partial charge in [0.05, 0.1) is 0 Å². The molecule has 0 rings (SSSR count). The highest BCUT2D eigenvalue weighted by molar-refractivity contribution is 6.35. The first-order valence-corrected chi connectivity index (χ1v) is 5.76. The Labute approximate surface area is 97.2 Å². The first kappa shape index (κ1) is 14.9. The summed E-state index contributed by atoms with van der Waals surface area (Å²) in [5.41, 5.74) is 5.21. The fourth-order valence-corrected chi connectivity index (χ4v) is 1.21. The normalized spacial score (nSPS) is 12.3. The van der Waals surface area contributed by atoms with Gasteiger partial charge in [0, 0.05) is 19.1 Å². The lowest BCUT2D eigenvalue weighted by Crippen LogP contribution is -2.44. The molecule has 0 aromatic heterocycles. The van der Waals surface area contributed by atoms with Crippen LogP contribution in [0.3, 0.4) is 0 Å². The molecule has 0 aromatic rings. The highest BCUT2D eigenvalue weighted by Gasteiger charge is 2.15. The van der Waals surface area contributed by atoms with E-state index in [9.17, 15) is 9.59 Å². The zero-order chi connectivity index (χ0) is 12.6. The number of carbonyl (C=O) groups excluding carboxylic acids is 2. The van der Waals surface area contributed by atoms with E-state index < -0.39 is 11.8 Å². The molecule has 5 heteroatoms. The van der Waals surface area contributed by atoms with Crippen molar-refractivity contribution in [2.75, 3.05) is 13.1 Å². The Kier molecular flexibility index (Phi) is 7.54. The van der Waals surface area contributed by atoms with Crippen LogP contribution < -0.4 is 16.4 Å². The Morgan fingerprint density at radius 2 is 1.75 bits per heavy atom. The van der Waals surface area contributed by atoms with E-state index in [1.807, 2.05) is 6.92 Å². The quantitative estimate of drug-likeness (QED) is 0.561. The molecule has 0 aliphatic heterocycles. The van der Waals surface area contributed by atoms with Gasteiger partial charge in [-0.15, -0.1) is 0 Å². The molecule has 0 aromatic carbocycles. The number of hydrogen-bond donors (Lipinski definition) is 3. The van der Waals surface area contributed by atoms with Crippen molar-refractivity contribution in [1.29, 1.82) is 0 Å². The number of hydrogen-bond acceptors (Lipinski definition) is 3. The largest absolute Gasteiger partial charge is 0.347 e. The fraction of sp³-hybridized carbons (Fsp3) is 0.818. The Hall–Kier alpha value is -1.10. The number of nitrogens with two attached hydrogens (primary N) is 1. The molecular weight excluding hydrogens is 206 g/mol. The molecule has 1 unspecified atom stereocenters. The van der Waals surface area contributed by atoms with Crippen molar-refractivity contribution in [2.45, 2.75) is 39.7 Å². The summed E-state index contributed by atoms with van der Waals surface area (Å²) in [4.78, 5) is 22.5.